The summed E-state index contributed by atoms with van der Waals surface area (Å²) < 4.78 is 11.2. The van der Waals surface area contributed by atoms with E-state index in [1.54, 1.807) is 24.3 Å². The molecule has 0 amide bonds. The van der Waals surface area contributed by atoms with E-state index in [0.29, 0.717) is 19.0 Å². The van der Waals surface area contributed by atoms with Crippen molar-refractivity contribution in [3.05, 3.63) is 60.2 Å². The molecule has 0 unspecified atom stereocenters. The van der Waals surface area contributed by atoms with Crippen LogP contribution in [0.15, 0.2) is 54.6 Å². The van der Waals surface area contributed by atoms with Crippen LogP contribution in [-0.4, -0.2) is 37.4 Å². The molecule has 0 aliphatic rings. The van der Waals surface area contributed by atoms with Gasteiger partial charge in [-0.15, -0.1) is 0 Å². The maximum absolute atomic E-state index is 10.7. The first kappa shape index (κ1) is 17.8. The van der Waals surface area contributed by atoms with Gasteiger partial charge in [-0.3, -0.25) is 0 Å². The lowest BCUT2D eigenvalue weighted by atomic mass is 10.2. The molecule has 5 nitrogen and oxygen atoms in total. The summed E-state index contributed by atoms with van der Waals surface area (Å²) in [5, 5.41) is 12.2. The molecule has 128 valence electrons. The number of carbonyl (C=O) groups is 1. The van der Waals surface area contributed by atoms with Crippen LogP contribution >= 0.6 is 0 Å². The van der Waals surface area contributed by atoms with Gasteiger partial charge in [0.05, 0.1) is 18.8 Å². The quantitative estimate of drug-likeness (QED) is 0.620. The first-order chi connectivity index (χ1) is 11.8. The van der Waals surface area contributed by atoms with Gasteiger partial charge in [0.15, 0.2) is 0 Å². The van der Waals surface area contributed by atoms with E-state index in [0.717, 1.165) is 31.7 Å². The molecule has 0 atom stereocenters. The van der Waals surface area contributed by atoms with Crippen LogP contribution in [0.25, 0.3) is 0 Å². The number of nitrogens with one attached hydrogen (secondary N) is 1. The Kier molecular flexibility index (Phi) is 7.63. The number of rotatable bonds is 11. The zero-order valence-electron chi connectivity index (χ0n) is 13.6. The van der Waals surface area contributed by atoms with Gasteiger partial charge in [-0.1, -0.05) is 18.2 Å². The fourth-order valence-corrected chi connectivity index (χ4v) is 2.11. The number of hydrogen-bond donors (Lipinski definition) is 2. The van der Waals surface area contributed by atoms with Crippen LogP contribution in [-0.2, 0) is 0 Å². The second kappa shape index (κ2) is 10.3. The third-order valence-corrected chi connectivity index (χ3v) is 3.38. The van der Waals surface area contributed by atoms with Gasteiger partial charge in [0.1, 0.15) is 11.5 Å². The summed E-state index contributed by atoms with van der Waals surface area (Å²) >= 11 is 0. The van der Waals surface area contributed by atoms with Gasteiger partial charge in [0, 0.05) is 0 Å². The summed E-state index contributed by atoms with van der Waals surface area (Å²) in [6.45, 7) is 3.07. The molecule has 24 heavy (non-hydrogen) atoms. The first-order valence-electron chi connectivity index (χ1n) is 8.10. The molecule has 0 radical (unpaired) electrons. The highest BCUT2D eigenvalue weighted by Crippen LogP contribution is 2.12. The predicted molar refractivity (Wildman–Crippen MR) is 92.9 cm³/mol. The Morgan fingerprint density at radius 1 is 0.833 bits per heavy atom. The average molecular weight is 329 g/mol. The summed E-state index contributed by atoms with van der Waals surface area (Å²) in [6, 6.07) is 16.2. The van der Waals surface area contributed by atoms with Crippen LogP contribution in [0.3, 0.4) is 0 Å². The maximum Gasteiger partial charge on any atom is 0.335 e. The summed E-state index contributed by atoms with van der Waals surface area (Å²) in [6.07, 6.45) is 1.84. The fraction of sp³-hybridized carbons (Fsp3) is 0.316. The van der Waals surface area contributed by atoms with Crippen LogP contribution in [0, 0.1) is 0 Å². The molecule has 2 N–H and O–H groups in total. The van der Waals surface area contributed by atoms with E-state index >= 15 is 0 Å². The minimum atomic E-state index is -0.929. The number of carboxylic acids is 1. The predicted octanol–water partition coefficient (Wildman–Crippen LogP) is 3.21. The largest absolute Gasteiger partial charge is 0.494 e. The lowest BCUT2D eigenvalue weighted by Gasteiger charge is -2.08. The lowest BCUT2D eigenvalue weighted by molar-refractivity contribution is 0.0697. The lowest BCUT2D eigenvalue weighted by Crippen LogP contribution is -2.20. The average Bonchev–Trinajstić information content (AvgIpc) is 2.61. The molecule has 0 spiro atoms. The normalized spacial score (nSPS) is 10.3. The topological polar surface area (TPSA) is 67.8 Å². The van der Waals surface area contributed by atoms with Crippen LogP contribution < -0.4 is 14.8 Å². The molecular formula is C19H23NO4. The Hall–Kier alpha value is -2.53. The number of ether oxygens (including phenoxy) is 2. The number of benzene rings is 2. The van der Waals surface area contributed by atoms with Crippen molar-refractivity contribution in [2.75, 3.05) is 26.3 Å². The van der Waals surface area contributed by atoms with E-state index in [1.807, 2.05) is 30.3 Å². The van der Waals surface area contributed by atoms with E-state index < -0.39 is 5.97 Å². The van der Waals surface area contributed by atoms with E-state index in [1.165, 1.54) is 0 Å². The van der Waals surface area contributed by atoms with E-state index in [-0.39, 0.29) is 5.56 Å². The number of hydrogen-bond acceptors (Lipinski definition) is 4. The highest BCUT2D eigenvalue weighted by Gasteiger charge is 2.01. The summed E-state index contributed by atoms with van der Waals surface area (Å²) in [5.74, 6) is 0.665. The summed E-state index contributed by atoms with van der Waals surface area (Å²) in [7, 11) is 0. The molecule has 2 rings (SSSR count). The monoisotopic (exact) mass is 329 g/mol. The van der Waals surface area contributed by atoms with Crippen molar-refractivity contribution in [1.29, 1.82) is 0 Å². The Bertz CT molecular complexity index is 599. The van der Waals surface area contributed by atoms with Gasteiger partial charge < -0.3 is 19.9 Å². The molecule has 0 saturated heterocycles. The Morgan fingerprint density at radius 3 is 1.92 bits per heavy atom. The van der Waals surface area contributed by atoms with Crippen molar-refractivity contribution >= 4 is 5.97 Å². The molecule has 5 heteroatoms. The standard InChI is InChI=1S/C19H23NO4/c21-19(22)16-8-10-18(11-9-16)24-15-5-13-20-12-4-14-23-17-6-2-1-3-7-17/h1-3,6-11,20H,4-5,12-15H2,(H,21,22). The second-order valence-corrected chi connectivity index (χ2v) is 5.30. The van der Waals surface area contributed by atoms with E-state index in [4.69, 9.17) is 14.6 Å². The number of aromatic carboxylic acids is 1. The van der Waals surface area contributed by atoms with Crippen LogP contribution in [0.4, 0.5) is 0 Å². The molecular weight excluding hydrogens is 306 g/mol. The molecule has 0 fully saturated rings. The smallest absolute Gasteiger partial charge is 0.335 e. The third kappa shape index (κ3) is 6.71. The minimum absolute atomic E-state index is 0.265. The van der Waals surface area contributed by atoms with Crippen molar-refractivity contribution in [3.8, 4) is 11.5 Å². The molecule has 0 aromatic heterocycles. The minimum Gasteiger partial charge on any atom is -0.494 e. The van der Waals surface area contributed by atoms with Gasteiger partial charge in [0.25, 0.3) is 0 Å². The van der Waals surface area contributed by atoms with Crippen molar-refractivity contribution in [2.45, 2.75) is 12.8 Å². The van der Waals surface area contributed by atoms with Crippen molar-refractivity contribution < 1.29 is 19.4 Å². The first-order valence-corrected chi connectivity index (χ1v) is 8.10. The molecule has 0 aliphatic heterocycles. The zero-order valence-corrected chi connectivity index (χ0v) is 13.6. The van der Waals surface area contributed by atoms with Gasteiger partial charge in [-0.05, 0) is 62.3 Å². The van der Waals surface area contributed by atoms with Crippen LogP contribution in [0.1, 0.15) is 23.2 Å². The Balaban J connectivity index is 1.46. The second-order valence-electron chi connectivity index (χ2n) is 5.30. The molecule has 2 aromatic rings. The summed E-state index contributed by atoms with van der Waals surface area (Å²) in [5.41, 5.74) is 0.265. The highest BCUT2D eigenvalue weighted by molar-refractivity contribution is 5.87. The third-order valence-electron chi connectivity index (χ3n) is 3.38. The maximum atomic E-state index is 10.7. The van der Waals surface area contributed by atoms with E-state index in [2.05, 4.69) is 5.32 Å². The van der Waals surface area contributed by atoms with Gasteiger partial charge in [0.2, 0.25) is 0 Å². The van der Waals surface area contributed by atoms with Gasteiger partial charge in [-0.2, -0.15) is 0 Å². The number of para-hydroxylation sites is 1. The van der Waals surface area contributed by atoms with E-state index in [9.17, 15) is 4.79 Å². The Morgan fingerprint density at radius 2 is 1.38 bits per heavy atom. The zero-order chi connectivity index (χ0) is 17.0. The van der Waals surface area contributed by atoms with Gasteiger partial charge in [-0.25, -0.2) is 4.79 Å². The molecule has 0 saturated carbocycles. The van der Waals surface area contributed by atoms with Crippen LogP contribution in [0.2, 0.25) is 0 Å². The molecule has 0 heterocycles. The van der Waals surface area contributed by atoms with Crippen LogP contribution in [0.5, 0.6) is 11.5 Å². The number of carboxylic acid groups (broad SMARTS) is 1. The van der Waals surface area contributed by atoms with Gasteiger partial charge >= 0.3 is 5.97 Å². The molecule has 0 aliphatic carbocycles. The van der Waals surface area contributed by atoms with Crippen molar-refractivity contribution in [3.63, 3.8) is 0 Å². The summed E-state index contributed by atoms with van der Waals surface area (Å²) in [4.78, 5) is 10.7. The van der Waals surface area contributed by atoms with Crippen molar-refractivity contribution in [1.82, 2.24) is 5.32 Å². The van der Waals surface area contributed by atoms with Crippen molar-refractivity contribution in [2.24, 2.45) is 0 Å². The SMILES string of the molecule is O=C(O)c1ccc(OCCCNCCCOc2ccccc2)cc1. The molecule has 2 aromatic carbocycles. The molecule has 0 bridgehead atoms. The Labute approximate surface area is 142 Å². The fourth-order valence-electron chi connectivity index (χ4n) is 2.11. The highest BCUT2D eigenvalue weighted by atomic mass is 16.5.